The van der Waals surface area contributed by atoms with Crippen LogP contribution in [0.25, 0.3) is 0 Å². The number of nitrogens with zero attached hydrogens (tertiary/aromatic N) is 1. The lowest BCUT2D eigenvalue weighted by Gasteiger charge is -2.28. The molecule has 0 unspecified atom stereocenters. The van der Waals surface area contributed by atoms with Gasteiger partial charge in [0.2, 0.25) is 0 Å². The molecule has 0 spiro atoms. The molecule has 17 heavy (non-hydrogen) atoms. The minimum absolute atomic E-state index is 0.0841. The van der Waals surface area contributed by atoms with Crippen molar-refractivity contribution in [2.24, 2.45) is 5.41 Å². The zero-order chi connectivity index (χ0) is 13.1. The van der Waals surface area contributed by atoms with E-state index >= 15 is 0 Å². The Morgan fingerprint density at radius 3 is 2.35 bits per heavy atom. The number of urea groups is 1. The molecule has 2 amide bonds. The van der Waals surface area contributed by atoms with Gasteiger partial charge >= 0.3 is 12.0 Å². The van der Waals surface area contributed by atoms with Crippen molar-refractivity contribution in [2.45, 2.75) is 13.8 Å². The molecule has 1 rings (SSSR count). The minimum atomic E-state index is -0.978. The summed E-state index contributed by atoms with van der Waals surface area (Å²) >= 11 is 0. The van der Waals surface area contributed by atoms with Crippen molar-refractivity contribution in [3.05, 3.63) is 0 Å². The third-order valence-corrected chi connectivity index (χ3v) is 4.00. The van der Waals surface area contributed by atoms with Gasteiger partial charge in [0.1, 0.15) is 0 Å². The maximum atomic E-state index is 11.7. The first-order valence-corrected chi connectivity index (χ1v) is 6.93. The number of carboxylic acids is 1. The number of carboxylic acid groups (broad SMARTS) is 1. The minimum Gasteiger partial charge on any atom is -0.481 e. The van der Waals surface area contributed by atoms with Gasteiger partial charge in [-0.3, -0.25) is 9.00 Å². The first-order valence-electron chi connectivity index (χ1n) is 5.44. The number of carbonyl (C=O) groups excluding carboxylic acids is 1. The number of carbonyl (C=O) groups is 2. The van der Waals surface area contributed by atoms with Crippen LogP contribution in [-0.2, 0) is 15.6 Å². The molecule has 1 aliphatic heterocycles. The van der Waals surface area contributed by atoms with Crippen LogP contribution >= 0.6 is 0 Å². The fourth-order valence-corrected chi connectivity index (χ4v) is 2.38. The molecule has 0 aromatic carbocycles. The van der Waals surface area contributed by atoms with Crippen LogP contribution in [0.1, 0.15) is 13.8 Å². The first-order chi connectivity index (χ1) is 7.83. The molecule has 98 valence electrons. The highest BCUT2D eigenvalue weighted by Crippen LogP contribution is 2.13. The molecule has 1 aliphatic rings. The van der Waals surface area contributed by atoms with Gasteiger partial charge in [0, 0.05) is 41.9 Å². The normalized spacial score (nSPS) is 17.9. The van der Waals surface area contributed by atoms with Crippen LogP contribution in [0, 0.1) is 5.41 Å². The lowest BCUT2D eigenvalue weighted by Crippen LogP contribution is -2.49. The van der Waals surface area contributed by atoms with Crippen LogP contribution in [0.15, 0.2) is 0 Å². The first kappa shape index (κ1) is 14.0. The summed E-state index contributed by atoms with van der Waals surface area (Å²) in [5, 5.41) is 11.5. The second-order valence-electron chi connectivity index (χ2n) is 4.68. The predicted octanol–water partition coefficient (Wildman–Crippen LogP) is -0.129. The van der Waals surface area contributed by atoms with Crippen molar-refractivity contribution in [1.82, 2.24) is 10.2 Å². The van der Waals surface area contributed by atoms with Gasteiger partial charge in [-0.1, -0.05) is 0 Å². The summed E-state index contributed by atoms with van der Waals surface area (Å²) in [6.07, 6.45) is 0. The maximum Gasteiger partial charge on any atom is 0.317 e. The van der Waals surface area contributed by atoms with E-state index in [1.807, 2.05) is 0 Å². The van der Waals surface area contributed by atoms with Gasteiger partial charge in [-0.15, -0.1) is 0 Å². The number of aliphatic carboxylic acids is 1. The monoisotopic (exact) mass is 262 g/mol. The van der Waals surface area contributed by atoms with Crippen LogP contribution in [0.3, 0.4) is 0 Å². The SMILES string of the molecule is CC(C)(CNC(=O)N1CCS(=O)CC1)C(=O)O. The van der Waals surface area contributed by atoms with Crippen LogP contribution in [-0.4, -0.2) is 57.4 Å². The molecular formula is C10H18N2O4S. The zero-order valence-corrected chi connectivity index (χ0v) is 10.9. The second kappa shape index (κ2) is 5.48. The summed E-state index contributed by atoms with van der Waals surface area (Å²) in [5.74, 6) is 0.0448. The molecule has 0 aromatic heterocycles. The predicted molar refractivity (Wildman–Crippen MR) is 64.3 cm³/mol. The number of rotatable bonds is 3. The van der Waals surface area contributed by atoms with Crippen molar-refractivity contribution in [2.75, 3.05) is 31.1 Å². The molecule has 0 atom stereocenters. The lowest BCUT2D eigenvalue weighted by atomic mass is 9.94. The molecule has 1 heterocycles. The number of amides is 2. The molecule has 0 radical (unpaired) electrons. The molecule has 0 bridgehead atoms. The molecule has 1 saturated heterocycles. The highest BCUT2D eigenvalue weighted by molar-refractivity contribution is 7.85. The lowest BCUT2D eigenvalue weighted by molar-refractivity contribution is -0.146. The Morgan fingerprint density at radius 2 is 1.88 bits per heavy atom. The Bertz CT molecular complexity index is 333. The largest absolute Gasteiger partial charge is 0.481 e. The van der Waals surface area contributed by atoms with Crippen LogP contribution in [0.2, 0.25) is 0 Å². The van der Waals surface area contributed by atoms with Crippen molar-refractivity contribution >= 4 is 22.8 Å². The Morgan fingerprint density at radius 1 is 1.35 bits per heavy atom. The Balaban J connectivity index is 2.40. The van der Waals surface area contributed by atoms with Gasteiger partial charge in [0.25, 0.3) is 0 Å². The van der Waals surface area contributed by atoms with Gasteiger partial charge in [0.05, 0.1) is 5.41 Å². The average Bonchev–Trinajstić information content (AvgIpc) is 2.27. The van der Waals surface area contributed by atoms with E-state index < -0.39 is 22.2 Å². The molecule has 0 aromatic rings. The molecule has 2 N–H and O–H groups in total. The smallest absolute Gasteiger partial charge is 0.317 e. The number of hydrogen-bond acceptors (Lipinski definition) is 3. The second-order valence-corrected chi connectivity index (χ2v) is 6.38. The Hall–Kier alpha value is -1.11. The van der Waals surface area contributed by atoms with Crippen LogP contribution < -0.4 is 5.32 Å². The average molecular weight is 262 g/mol. The molecule has 0 aliphatic carbocycles. The van der Waals surface area contributed by atoms with Crippen molar-refractivity contribution < 1.29 is 18.9 Å². The van der Waals surface area contributed by atoms with Gasteiger partial charge in [-0.2, -0.15) is 0 Å². The Kier molecular flexibility index (Phi) is 4.50. The zero-order valence-electron chi connectivity index (χ0n) is 10.1. The quantitative estimate of drug-likeness (QED) is 0.742. The molecule has 1 fully saturated rings. The maximum absolute atomic E-state index is 11.7. The summed E-state index contributed by atoms with van der Waals surface area (Å²) in [6, 6.07) is -0.281. The molecular weight excluding hydrogens is 244 g/mol. The standard InChI is InChI=1S/C10H18N2O4S/c1-10(2,8(13)14)7-11-9(15)12-3-5-17(16)6-4-12/h3-7H2,1-2H3,(H,11,15)(H,13,14). The van der Waals surface area contributed by atoms with E-state index in [-0.39, 0.29) is 12.6 Å². The van der Waals surface area contributed by atoms with Crippen LogP contribution in [0.4, 0.5) is 4.79 Å². The topological polar surface area (TPSA) is 86.7 Å². The third kappa shape index (κ3) is 3.99. The molecule has 7 heteroatoms. The van der Waals surface area contributed by atoms with Gasteiger partial charge in [-0.25, -0.2) is 4.79 Å². The van der Waals surface area contributed by atoms with Crippen LogP contribution in [0.5, 0.6) is 0 Å². The summed E-state index contributed by atoms with van der Waals surface area (Å²) in [6.45, 7) is 4.13. The van der Waals surface area contributed by atoms with E-state index in [4.69, 9.17) is 5.11 Å². The van der Waals surface area contributed by atoms with Gasteiger partial charge in [-0.05, 0) is 13.8 Å². The fourth-order valence-electron chi connectivity index (χ4n) is 1.32. The van der Waals surface area contributed by atoms with E-state index in [1.165, 1.54) is 0 Å². The van der Waals surface area contributed by atoms with E-state index in [0.717, 1.165) is 0 Å². The summed E-state index contributed by atoms with van der Waals surface area (Å²) in [5.41, 5.74) is -0.978. The van der Waals surface area contributed by atoms with Crippen molar-refractivity contribution in [1.29, 1.82) is 0 Å². The van der Waals surface area contributed by atoms with Gasteiger partial charge < -0.3 is 15.3 Å². The van der Waals surface area contributed by atoms with Gasteiger partial charge in [0.15, 0.2) is 0 Å². The summed E-state index contributed by atoms with van der Waals surface area (Å²) in [4.78, 5) is 24.1. The fraction of sp³-hybridized carbons (Fsp3) is 0.800. The number of nitrogens with one attached hydrogen (secondary N) is 1. The van der Waals surface area contributed by atoms with Crippen molar-refractivity contribution in [3.8, 4) is 0 Å². The van der Waals surface area contributed by atoms with E-state index in [9.17, 15) is 13.8 Å². The molecule has 6 nitrogen and oxygen atoms in total. The Labute approximate surface area is 103 Å². The summed E-state index contributed by atoms with van der Waals surface area (Å²) < 4.78 is 11.1. The third-order valence-electron chi connectivity index (χ3n) is 2.73. The summed E-state index contributed by atoms with van der Waals surface area (Å²) in [7, 11) is -0.822. The van der Waals surface area contributed by atoms with E-state index in [0.29, 0.717) is 24.6 Å². The number of hydrogen-bond donors (Lipinski definition) is 2. The van der Waals surface area contributed by atoms with Crippen molar-refractivity contribution in [3.63, 3.8) is 0 Å². The van der Waals surface area contributed by atoms with E-state index in [1.54, 1.807) is 18.7 Å². The van der Waals surface area contributed by atoms with E-state index in [2.05, 4.69) is 5.32 Å². The highest BCUT2D eigenvalue weighted by atomic mass is 32.2. The highest BCUT2D eigenvalue weighted by Gasteiger charge is 2.29. The molecule has 0 saturated carbocycles.